The molecule has 0 unspecified atom stereocenters. The number of para-hydroxylation sites is 1. The van der Waals surface area contributed by atoms with Crippen molar-refractivity contribution in [1.29, 1.82) is 0 Å². The Balaban J connectivity index is 1.67. The second-order valence-electron chi connectivity index (χ2n) is 8.11. The van der Waals surface area contributed by atoms with Crippen molar-refractivity contribution >= 4 is 34.8 Å². The topological polar surface area (TPSA) is 153 Å². The average molecular weight is 486 g/mol. The number of carbonyl (C=O) groups is 4. The van der Waals surface area contributed by atoms with Crippen molar-refractivity contribution in [3.05, 3.63) is 82.9 Å². The summed E-state index contributed by atoms with van der Waals surface area (Å²) in [5.74, 6) is -3.98. The second-order valence-corrected chi connectivity index (χ2v) is 8.11. The maximum Gasteiger partial charge on any atom is 0.322 e. The molecule has 0 saturated carbocycles. The fourth-order valence-electron chi connectivity index (χ4n) is 4.20. The lowest BCUT2D eigenvalue weighted by Crippen LogP contribution is -2.29. The average Bonchev–Trinajstić information content (AvgIpc) is 3.05. The summed E-state index contributed by atoms with van der Waals surface area (Å²) in [6.45, 7) is -0.384. The molecule has 0 atom stereocenters. The van der Waals surface area contributed by atoms with Gasteiger partial charge in [-0.25, -0.2) is 0 Å². The Morgan fingerprint density at radius 3 is 2.22 bits per heavy atom. The third-order valence-electron chi connectivity index (χ3n) is 5.88. The van der Waals surface area contributed by atoms with Gasteiger partial charge in [0.15, 0.2) is 28.8 Å². The number of benzene rings is 3. The SMILES string of the molecule is O=C(O)CNC(=O)c1ccc(N2Cc3ccccc3Oc3c(O)c4c(c(O)c32)C(=O)C=CC4=O)cc1. The van der Waals surface area contributed by atoms with Crippen LogP contribution in [0.5, 0.6) is 23.0 Å². The lowest BCUT2D eigenvalue weighted by Gasteiger charge is -2.27. The number of amides is 1. The van der Waals surface area contributed by atoms with Crippen molar-refractivity contribution in [3.8, 4) is 23.0 Å². The monoisotopic (exact) mass is 486 g/mol. The molecular formula is C26H18N2O8. The Morgan fingerprint density at radius 2 is 1.56 bits per heavy atom. The first kappa shape index (κ1) is 22.7. The van der Waals surface area contributed by atoms with Gasteiger partial charge in [0.2, 0.25) is 0 Å². The third-order valence-corrected chi connectivity index (χ3v) is 5.88. The molecule has 0 fully saturated rings. The Morgan fingerprint density at radius 1 is 0.917 bits per heavy atom. The van der Waals surface area contributed by atoms with Crippen molar-refractivity contribution in [2.24, 2.45) is 0 Å². The van der Waals surface area contributed by atoms with Crippen LogP contribution in [0.4, 0.5) is 11.4 Å². The van der Waals surface area contributed by atoms with Gasteiger partial charge in [-0.3, -0.25) is 19.2 Å². The molecule has 2 aliphatic rings. The van der Waals surface area contributed by atoms with Gasteiger partial charge in [0.1, 0.15) is 18.0 Å². The normalized spacial score (nSPS) is 13.7. The molecule has 10 heteroatoms. The first-order chi connectivity index (χ1) is 17.3. The van der Waals surface area contributed by atoms with Crippen LogP contribution in [0.1, 0.15) is 36.6 Å². The van der Waals surface area contributed by atoms with Gasteiger partial charge in [-0.1, -0.05) is 18.2 Å². The number of anilines is 2. The first-order valence-electron chi connectivity index (χ1n) is 10.8. The van der Waals surface area contributed by atoms with Crippen molar-refractivity contribution in [2.75, 3.05) is 11.4 Å². The van der Waals surface area contributed by atoms with Gasteiger partial charge < -0.3 is 30.3 Å². The van der Waals surface area contributed by atoms with Gasteiger partial charge in [0, 0.05) is 16.8 Å². The minimum absolute atomic E-state index is 0.0259. The Labute approximate surface area is 203 Å². The van der Waals surface area contributed by atoms with E-state index in [-0.39, 0.29) is 34.7 Å². The van der Waals surface area contributed by atoms with Crippen LogP contribution in [0.25, 0.3) is 0 Å². The molecule has 3 aromatic carbocycles. The number of fused-ring (bicyclic) bond motifs is 3. The van der Waals surface area contributed by atoms with E-state index in [0.717, 1.165) is 12.2 Å². The van der Waals surface area contributed by atoms with E-state index < -0.39 is 41.5 Å². The van der Waals surface area contributed by atoms with Gasteiger partial charge in [-0.05, 0) is 42.5 Å². The fourth-order valence-corrected chi connectivity index (χ4v) is 4.20. The molecule has 180 valence electrons. The summed E-state index contributed by atoms with van der Waals surface area (Å²) in [5.41, 5.74) is 0.652. The van der Waals surface area contributed by atoms with Crippen LogP contribution >= 0.6 is 0 Å². The highest BCUT2D eigenvalue weighted by molar-refractivity contribution is 6.25. The van der Waals surface area contributed by atoms with Gasteiger partial charge in [-0.15, -0.1) is 0 Å². The van der Waals surface area contributed by atoms with Crippen LogP contribution < -0.4 is 15.0 Å². The van der Waals surface area contributed by atoms with Crippen LogP contribution in [0.2, 0.25) is 0 Å². The molecule has 5 rings (SSSR count). The number of aromatic hydroxyl groups is 2. The third kappa shape index (κ3) is 3.70. The highest BCUT2D eigenvalue weighted by Gasteiger charge is 2.37. The van der Waals surface area contributed by atoms with E-state index in [2.05, 4.69) is 5.32 Å². The summed E-state index contributed by atoms with van der Waals surface area (Å²) in [6.07, 6.45) is 2.05. The Kier molecular flexibility index (Phi) is 5.40. The van der Waals surface area contributed by atoms with Crippen molar-refractivity contribution in [1.82, 2.24) is 5.32 Å². The molecule has 10 nitrogen and oxygen atoms in total. The molecule has 0 spiro atoms. The van der Waals surface area contributed by atoms with Crippen LogP contribution in [-0.4, -0.2) is 45.3 Å². The number of carbonyl (C=O) groups excluding carboxylic acids is 3. The number of phenolic OH excluding ortho intramolecular Hbond substituents is 2. The zero-order chi connectivity index (χ0) is 25.6. The fraction of sp³-hybridized carbons (Fsp3) is 0.0769. The standard InChI is InChI=1S/C26H18N2O8/c29-16-9-10-17(30)21-20(16)23(33)22-25(24(21)34)36-18-4-2-1-3-14(18)12-28(22)15-7-5-13(6-8-15)26(35)27-11-19(31)32/h1-10,33-34H,11-12H2,(H,27,35)(H,31,32). The first-order valence-corrected chi connectivity index (χ1v) is 10.8. The number of nitrogens with one attached hydrogen (secondary N) is 1. The van der Waals surface area contributed by atoms with E-state index in [1.165, 1.54) is 12.1 Å². The van der Waals surface area contributed by atoms with E-state index in [1.54, 1.807) is 41.3 Å². The number of ether oxygens (including phenoxy) is 1. The highest BCUT2D eigenvalue weighted by atomic mass is 16.5. The predicted molar refractivity (Wildman–Crippen MR) is 126 cm³/mol. The molecule has 1 amide bonds. The number of nitrogens with zero attached hydrogens (tertiary/aromatic N) is 1. The molecule has 0 bridgehead atoms. The number of ketones is 2. The van der Waals surface area contributed by atoms with E-state index in [1.807, 2.05) is 0 Å². The van der Waals surface area contributed by atoms with Gasteiger partial charge in [0.05, 0.1) is 17.7 Å². The largest absolute Gasteiger partial charge is 0.505 e. The molecule has 1 aliphatic carbocycles. The van der Waals surface area contributed by atoms with Crippen LogP contribution in [0.3, 0.4) is 0 Å². The second kappa shape index (κ2) is 8.58. The predicted octanol–water partition coefficient (Wildman–Crippen LogP) is 3.29. The van der Waals surface area contributed by atoms with Gasteiger partial charge >= 0.3 is 5.97 Å². The lowest BCUT2D eigenvalue weighted by atomic mass is 9.91. The zero-order valence-electron chi connectivity index (χ0n) is 18.5. The number of carboxylic acids is 1. The molecule has 0 radical (unpaired) electrons. The Bertz CT molecular complexity index is 1490. The molecule has 1 aliphatic heterocycles. The number of aliphatic carboxylic acids is 1. The quantitative estimate of drug-likeness (QED) is 0.407. The van der Waals surface area contributed by atoms with Gasteiger partial charge in [-0.2, -0.15) is 0 Å². The van der Waals surface area contributed by atoms with E-state index in [0.29, 0.717) is 17.0 Å². The summed E-state index contributed by atoms with van der Waals surface area (Å²) in [7, 11) is 0. The molecule has 4 N–H and O–H groups in total. The van der Waals surface area contributed by atoms with Gasteiger partial charge in [0.25, 0.3) is 5.91 Å². The molecule has 1 heterocycles. The highest BCUT2D eigenvalue weighted by Crippen LogP contribution is 2.55. The number of hydrogen-bond donors (Lipinski definition) is 4. The molecule has 36 heavy (non-hydrogen) atoms. The number of carboxylic acid groups (broad SMARTS) is 1. The van der Waals surface area contributed by atoms with E-state index >= 15 is 0 Å². The van der Waals surface area contributed by atoms with E-state index in [9.17, 15) is 29.4 Å². The summed E-state index contributed by atoms with van der Waals surface area (Å²) in [6, 6.07) is 13.0. The maximum absolute atomic E-state index is 12.6. The number of allylic oxidation sites excluding steroid dienone is 2. The molecular weight excluding hydrogens is 468 g/mol. The van der Waals surface area contributed by atoms with Crippen molar-refractivity contribution < 1.29 is 39.2 Å². The minimum Gasteiger partial charge on any atom is -0.505 e. The number of phenols is 2. The summed E-state index contributed by atoms with van der Waals surface area (Å²) < 4.78 is 5.97. The van der Waals surface area contributed by atoms with Crippen molar-refractivity contribution in [3.63, 3.8) is 0 Å². The maximum atomic E-state index is 12.6. The minimum atomic E-state index is -1.18. The van der Waals surface area contributed by atoms with Crippen LogP contribution in [0, 0.1) is 0 Å². The summed E-state index contributed by atoms with van der Waals surface area (Å²) in [4.78, 5) is 49.7. The smallest absolute Gasteiger partial charge is 0.322 e. The molecule has 3 aromatic rings. The zero-order valence-corrected chi connectivity index (χ0v) is 18.5. The van der Waals surface area contributed by atoms with E-state index in [4.69, 9.17) is 9.84 Å². The number of hydrogen-bond acceptors (Lipinski definition) is 8. The Hall–Kier alpha value is -5.12. The van der Waals surface area contributed by atoms with Crippen LogP contribution in [-0.2, 0) is 11.3 Å². The van der Waals surface area contributed by atoms with Crippen molar-refractivity contribution in [2.45, 2.75) is 6.54 Å². The lowest BCUT2D eigenvalue weighted by molar-refractivity contribution is -0.135. The number of rotatable bonds is 4. The molecule has 0 aromatic heterocycles. The van der Waals surface area contributed by atoms with Crippen LogP contribution in [0.15, 0.2) is 60.7 Å². The summed E-state index contributed by atoms with van der Waals surface area (Å²) >= 11 is 0. The molecule has 0 saturated heterocycles. The summed E-state index contributed by atoms with van der Waals surface area (Å²) in [5, 5.41) is 33.3.